The summed E-state index contributed by atoms with van der Waals surface area (Å²) in [5.41, 5.74) is 0. The van der Waals surface area contributed by atoms with Gasteiger partial charge in [-0.1, -0.05) is 6.92 Å². The molecule has 56 valence electrons. The molecule has 0 bridgehead atoms. The van der Waals surface area contributed by atoms with Crippen molar-refractivity contribution in [2.24, 2.45) is 11.1 Å². The van der Waals surface area contributed by atoms with Crippen molar-refractivity contribution >= 4 is 6.21 Å². The molecule has 0 saturated carbocycles. The molecule has 0 aromatic rings. The molecule has 0 rings (SSSR count). The van der Waals surface area contributed by atoms with Crippen molar-refractivity contribution in [2.75, 3.05) is 0 Å². The molecule has 0 radical (unpaired) electrons. The lowest BCUT2D eigenvalue weighted by Gasteiger charge is -2.00. The highest BCUT2D eigenvalue weighted by molar-refractivity contribution is 5.58. The monoisotopic (exact) mass is 139 g/mol. The van der Waals surface area contributed by atoms with Crippen LogP contribution in [-0.2, 0) is 0 Å². The number of terminal acetylenes is 1. The predicted octanol–water partition coefficient (Wildman–Crippen LogP) is 1.89. The van der Waals surface area contributed by atoms with Crippen LogP contribution in [-0.4, -0.2) is 11.4 Å². The van der Waals surface area contributed by atoms with E-state index >= 15 is 0 Å². The minimum absolute atomic E-state index is 0.332. The van der Waals surface area contributed by atoms with E-state index in [2.05, 4.69) is 11.1 Å². The van der Waals surface area contributed by atoms with Gasteiger partial charge in [-0.05, 0) is 18.8 Å². The third-order valence-electron chi connectivity index (χ3n) is 1.30. The minimum Gasteiger partial charge on any atom is -0.411 e. The van der Waals surface area contributed by atoms with Crippen LogP contribution in [0.5, 0.6) is 0 Å². The number of unbranched alkanes of at least 4 members (excludes halogenated alkanes) is 1. The summed E-state index contributed by atoms with van der Waals surface area (Å²) in [6.45, 7) is 2.00. The predicted molar refractivity (Wildman–Crippen MR) is 42.1 cm³/mol. The van der Waals surface area contributed by atoms with Crippen molar-refractivity contribution < 1.29 is 5.21 Å². The molecule has 0 amide bonds. The van der Waals surface area contributed by atoms with Gasteiger partial charge in [-0.15, -0.1) is 17.5 Å². The Balaban J connectivity index is 3.23. The lowest BCUT2D eigenvalue weighted by Crippen LogP contribution is -1.94. The van der Waals surface area contributed by atoms with E-state index in [9.17, 15) is 0 Å². The quantitative estimate of drug-likeness (QED) is 0.208. The normalized spacial score (nSPS) is 13.2. The van der Waals surface area contributed by atoms with Crippen LogP contribution < -0.4 is 0 Å². The van der Waals surface area contributed by atoms with Crippen LogP contribution in [0.15, 0.2) is 5.16 Å². The SMILES string of the molecule is C#CCCCC(C)/C=N/O. The second-order valence-electron chi connectivity index (χ2n) is 2.34. The second kappa shape index (κ2) is 6.15. The first kappa shape index (κ1) is 9.03. The summed E-state index contributed by atoms with van der Waals surface area (Å²) in [6.07, 6.45) is 9.39. The zero-order chi connectivity index (χ0) is 7.82. The van der Waals surface area contributed by atoms with E-state index < -0.39 is 0 Å². The summed E-state index contributed by atoms with van der Waals surface area (Å²) in [5.74, 6) is 2.89. The van der Waals surface area contributed by atoms with Crippen LogP contribution in [0.4, 0.5) is 0 Å². The summed E-state index contributed by atoms with van der Waals surface area (Å²) < 4.78 is 0. The lowest BCUT2D eigenvalue weighted by molar-refractivity contribution is 0.318. The van der Waals surface area contributed by atoms with Gasteiger partial charge >= 0.3 is 0 Å². The fourth-order valence-electron chi connectivity index (χ4n) is 0.714. The Kier molecular flexibility index (Phi) is 5.56. The zero-order valence-electron chi connectivity index (χ0n) is 6.25. The molecule has 0 saturated heterocycles. The molecule has 0 fully saturated rings. The van der Waals surface area contributed by atoms with Gasteiger partial charge in [-0.3, -0.25) is 0 Å². The molecule has 2 nitrogen and oxygen atoms in total. The standard InChI is InChI=1S/C8H13NO/c1-3-4-5-6-8(2)7-9-10/h1,7-8,10H,4-6H2,2H3/b9-7+. The maximum atomic E-state index is 8.12. The van der Waals surface area contributed by atoms with Gasteiger partial charge in [0.1, 0.15) is 0 Å². The largest absolute Gasteiger partial charge is 0.411 e. The first-order chi connectivity index (χ1) is 4.81. The van der Waals surface area contributed by atoms with Crippen molar-refractivity contribution in [1.29, 1.82) is 0 Å². The Morgan fingerprint density at radius 1 is 1.80 bits per heavy atom. The smallest absolute Gasteiger partial charge is 0.0464 e. The molecule has 0 aliphatic carbocycles. The third-order valence-corrected chi connectivity index (χ3v) is 1.30. The van der Waals surface area contributed by atoms with Crippen molar-refractivity contribution in [2.45, 2.75) is 26.2 Å². The molecule has 0 aliphatic heterocycles. The molecule has 0 spiro atoms. The maximum absolute atomic E-state index is 8.12. The summed E-state index contributed by atoms with van der Waals surface area (Å²) in [5, 5.41) is 11.1. The van der Waals surface area contributed by atoms with Gasteiger partial charge in [0.15, 0.2) is 0 Å². The minimum atomic E-state index is 0.332. The molecular weight excluding hydrogens is 126 g/mol. The van der Waals surface area contributed by atoms with Gasteiger partial charge in [0, 0.05) is 12.6 Å². The average molecular weight is 139 g/mol. The van der Waals surface area contributed by atoms with Crippen LogP contribution >= 0.6 is 0 Å². The molecule has 0 heterocycles. The summed E-state index contributed by atoms with van der Waals surface area (Å²) in [7, 11) is 0. The summed E-state index contributed by atoms with van der Waals surface area (Å²) >= 11 is 0. The van der Waals surface area contributed by atoms with Crippen molar-refractivity contribution in [3.8, 4) is 12.3 Å². The van der Waals surface area contributed by atoms with Crippen LogP contribution in [0.2, 0.25) is 0 Å². The van der Waals surface area contributed by atoms with E-state index in [0.29, 0.717) is 5.92 Å². The Morgan fingerprint density at radius 2 is 2.50 bits per heavy atom. The van der Waals surface area contributed by atoms with Gasteiger partial charge < -0.3 is 5.21 Å². The number of hydrogen-bond acceptors (Lipinski definition) is 2. The second-order valence-corrected chi connectivity index (χ2v) is 2.34. The highest BCUT2D eigenvalue weighted by Crippen LogP contribution is 2.03. The molecule has 0 aromatic carbocycles. The molecule has 1 atom stereocenters. The van der Waals surface area contributed by atoms with Gasteiger partial charge in [0.2, 0.25) is 0 Å². The number of oxime groups is 1. The Labute approximate surface area is 61.9 Å². The Bertz CT molecular complexity index is 135. The average Bonchev–Trinajstić information content (AvgIpc) is 1.89. The first-order valence-corrected chi connectivity index (χ1v) is 3.42. The summed E-state index contributed by atoms with van der Waals surface area (Å²) in [6, 6.07) is 0. The van der Waals surface area contributed by atoms with E-state index in [1.54, 1.807) is 0 Å². The van der Waals surface area contributed by atoms with Gasteiger partial charge in [-0.2, -0.15) is 0 Å². The van der Waals surface area contributed by atoms with Crippen molar-refractivity contribution in [3.05, 3.63) is 0 Å². The van der Waals surface area contributed by atoms with E-state index in [0.717, 1.165) is 19.3 Å². The molecule has 1 unspecified atom stereocenters. The van der Waals surface area contributed by atoms with E-state index in [4.69, 9.17) is 11.6 Å². The molecule has 0 aromatic heterocycles. The van der Waals surface area contributed by atoms with Gasteiger partial charge in [0.25, 0.3) is 0 Å². The van der Waals surface area contributed by atoms with E-state index in [1.807, 2.05) is 6.92 Å². The molecule has 2 heteroatoms. The number of hydrogen-bond donors (Lipinski definition) is 1. The fraction of sp³-hybridized carbons (Fsp3) is 0.625. The fourth-order valence-corrected chi connectivity index (χ4v) is 0.714. The van der Waals surface area contributed by atoms with E-state index in [1.165, 1.54) is 6.21 Å². The Morgan fingerprint density at radius 3 is 3.00 bits per heavy atom. The first-order valence-electron chi connectivity index (χ1n) is 3.42. The molecule has 10 heavy (non-hydrogen) atoms. The maximum Gasteiger partial charge on any atom is 0.0464 e. The topological polar surface area (TPSA) is 32.6 Å². The van der Waals surface area contributed by atoms with Gasteiger partial charge in [-0.25, -0.2) is 0 Å². The highest BCUT2D eigenvalue weighted by Gasteiger charge is 1.95. The molecule has 0 aliphatic rings. The zero-order valence-corrected chi connectivity index (χ0v) is 6.25. The number of rotatable bonds is 4. The van der Waals surface area contributed by atoms with Crippen LogP contribution in [0.3, 0.4) is 0 Å². The molecule has 1 N–H and O–H groups in total. The van der Waals surface area contributed by atoms with Crippen LogP contribution in [0.1, 0.15) is 26.2 Å². The van der Waals surface area contributed by atoms with Gasteiger partial charge in [0.05, 0.1) is 0 Å². The summed E-state index contributed by atoms with van der Waals surface area (Å²) in [4.78, 5) is 0. The Hall–Kier alpha value is -0.970. The molecular formula is C8H13NO. The van der Waals surface area contributed by atoms with Crippen LogP contribution in [0.25, 0.3) is 0 Å². The number of nitrogens with zero attached hydrogens (tertiary/aromatic N) is 1. The van der Waals surface area contributed by atoms with Crippen molar-refractivity contribution in [1.82, 2.24) is 0 Å². The lowest BCUT2D eigenvalue weighted by atomic mass is 10.1. The van der Waals surface area contributed by atoms with E-state index in [-0.39, 0.29) is 0 Å². The van der Waals surface area contributed by atoms with Crippen LogP contribution in [0, 0.1) is 18.3 Å². The highest BCUT2D eigenvalue weighted by atomic mass is 16.4. The van der Waals surface area contributed by atoms with Crippen molar-refractivity contribution in [3.63, 3.8) is 0 Å². The third kappa shape index (κ3) is 5.17.